The molecule has 0 aromatic carbocycles. The second-order valence-corrected chi connectivity index (χ2v) is 6.35. The predicted molar refractivity (Wildman–Crippen MR) is 87.3 cm³/mol. The first-order valence-corrected chi connectivity index (χ1v) is 8.49. The fourth-order valence-electron chi connectivity index (χ4n) is 3.87. The first-order valence-electron chi connectivity index (χ1n) is 8.49. The van der Waals surface area contributed by atoms with Crippen LogP contribution in [0.25, 0.3) is 5.52 Å². The molecule has 2 aromatic heterocycles. The average molecular weight is 285 g/mol. The number of fused-ring (bicyclic) bond motifs is 1. The van der Waals surface area contributed by atoms with Crippen LogP contribution in [0.1, 0.15) is 57.6 Å². The van der Waals surface area contributed by atoms with Crippen molar-refractivity contribution in [2.75, 3.05) is 6.54 Å². The molecule has 0 bridgehead atoms. The molecular formula is C18H27N3. The van der Waals surface area contributed by atoms with Crippen molar-refractivity contribution in [3.8, 4) is 0 Å². The number of nitrogens with one attached hydrogen (secondary N) is 1. The molecule has 1 atom stereocenters. The molecule has 21 heavy (non-hydrogen) atoms. The maximum Gasteiger partial charge on any atom is 0.0709 e. The highest BCUT2D eigenvalue weighted by molar-refractivity contribution is 5.55. The summed E-state index contributed by atoms with van der Waals surface area (Å²) in [5.74, 6) is 1.70. The first-order chi connectivity index (χ1) is 10.3. The zero-order valence-corrected chi connectivity index (χ0v) is 13.3. The molecule has 2 heterocycles. The fourth-order valence-corrected chi connectivity index (χ4v) is 3.87. The van der Waals surface area contributed by atoms with Crippen LogP contribution >= 0.6 is 0 Å². The Kier molecular flexibility index (Phi) is 4.59. The highest BCUT2D eigenvalue weighted by Crippen LogP contribution is 2.38. The SMILES string of the molecule is CCNC(c1cnn2ccccc12)C1CCC(CC)CC1. The van der Waals surface area contributed by atoms with Gasteiger partial charge in [-0.15, -0.1) is 0 Å². The topological polar surface area (TPSA) is 29.3 Å². The van der Waals surface area contributed by atoms with Crippen molar-refractivity contribution >= 4 is 5.52 Å². The largest absolute Gasteiger partial charge is 0.310 e. The van der Waals surface area contributed by atoms with Crippen molar-refractivity contribution in [3.63, 3.8) is 0 Å². The van der Waals surface area contributed by atoms with Gasteiger partial charge < -0.3 is 5.32 Å². The molecule has 3 heteroatoms. The summed E-state index contributed by atoms with van der Waals surface area (Å²) in [7, 11) is 0. The second-order valence-electron chi connectivity index (χ2n) is 6.35. The van der Waals surface area contributed by atoms with Gasteiger partial charge in [0.05, 0.1) is 11.7 Å². The lowest BCUT2D eigenvalue weighted by atomic mass is 9.76. The van der Waals surface area contributed by atoms with Crippen molar-refractivity contribution in [1.82, 2.24) is 14.9 Å². The molecule has 1 fully saturated rings. The lowest BCUT2D eigenvalue weighted by Gasteiger charge is -2.34. The second kappa shape index (κ2) is 6.61. The molecule has 1 unspecified atom stereocenters. The third-order valence-corrected chi connectivity index (χ3v) is 5.16. The number of aromatic nitrogens is 2. The van der Waals surface area contributed by atoms with Crippen LogP contribution in [0.4, 0.5) is 0 Å². The van der Waals surface area contributed by atoms with Crippen molar-refractivity contribution in [2.24, 2.45) is 11.8 Å². The highest BCUT2D eigenvalue weighted by Gasteiger charge is 2.29. The molecule has 0 aliphatic heterocycles. The van der Waals surface area contributed by atoms with Gasteiger partial charge in [0.1, 0.15) is 0 Å². The van der Waals surface area contributed by atoms with Crippen molar-refractivity contribution in [2.45, 2.75) is 52.0 Å². The van der Waals surface area contributed by atoms with Crippen LogP contribution in [0.5, 0.6) is 0 Å². The van der Waals surface area contributed by atoms with Crippen LogP contribution in [0, 0.1) is 11.8 Å². The Morgan fingerprint density at radius 1 is 1.24 bits per heavy atom. The molecular weight excluding hydrogens is 258 g/mol. The van der Waals surface area contributed by atoms with Crippen LogP contribution in [0.3, 0.4) is 0 Å². The van der Waals surface area contributed by atoms with Gasteiger partial charge in [-0.1, -0.05) is 39.2 Å². The van der Waals surface area contributed by atoms with Gasteiger partial charge >= 0.3 is 0 Å². The highest BCUT2D eigenvalue weighted by atomic mass is 15.2. The lowest BCUT2D eigenvalue weighted by Crippen LogP contribution is -2.31. The van der Waals surface area contributed by atoms with E-state index in [0.29, 0.717) is 6.04 Å². The van der Waals surface area contributed by atoms with Gasteiger partial charge in [0.25, 0.3) is 0 Å². The van der Waals surface area contributed by atoms with Crippen LogP contribution < -0.4 is 5.32 Å². The molecule has 0 amide bonds. The first kappa shape index (κ1) is 14.6. The van der Waals surface area contributed by atoms with E-state index in [4.69, 9.17) is 0 Å². The molecule has 1 N–H and O–H groups in total. The minimum atomic E-state index is 0.452. The molecule has 1 aliphatic rings. The van der Waals surface area contributed by atoms with Crippen LogP contribution in [-0.2, 0) is 0 Å². The van der Waals surface area contributed by atoms with E-state index in [0.717, 1.165) is 18.4 Å². The maximum atomic E-state index is 4.52. The van der Waals surface area contributed by atoms with Crippen LogP contribution in [-0.4, -0.2) is 16.2 Å². The summed E-state index contributed by atoms with van der Waals surface area (Å²) >= 11 is 0. The third-order valence-electron chi connectivity index (χ3n) is 5.16. The fraction of sp³-hybridized carbons (Fsp3) is 0.611. The van der Waals surface area contributed by atoms with E-state index in [9.17, 15) is 0 Å². The Morgan fingerprint density at radius 3 is 2.76 bits per heavy atom. The van der Waals surface area contributed by atoms with E-state index in [1.54, 1.807) is 0 Å². The predicted octanol–water partition coefficient (Wildman–Crippen LogP) is 4.20. The zero-order chi connectivity index (χ0) is 14.7. The number of hydrogen-bond acceptors (Lipinski definition) is 2. The van der Waals surface area contributed by atoms with Crippen molar-refractivity contribution in [1.29, 1.82) is 0 Å². The average Bonchev–Trinajstić information content (AvgIpc) is 2.97. The third kappa shape index (κ3) is 2.98. The van der Waals surface area contributed by atoms with Gasteiger partial charge in [-0.3, -0.25) is 0 Å². The molecule has 114 valence electrons. The van der Waals surface area contributed by atoms with Gasteiger partial charge in [0, 0.05) is 17.8 Å². The quantitative estimate of drug-likeness (QED) is 0.892. The minimum Gasteiger partial charge on any atom is -0.310 e. The summed E-state index contributed by atoms with van der Waals surface area (Å²) < 4.78 is 2.00. The van der Waals surface area contributed by atoms with E-state index in [2.05, 4.69) is 42.6 Å². The summed E-state index contributed by atoms with van der Waals surface area (Å²) in [5.41, 5.74) is 2.62. The Labute approximate surface area is 127 Å². The van der Waals surface area contributed by atoms with E-state index < -0.39 is 0 Å². The molecule has 0 saturated heterocycles. The monoisotopic (exact) mass is 285 g/mol. The van der Waals surface area contributed by atoms with Gasteiger partial charge in [0.15, 0.2) is 0 Å². The van der Waals surface area contributed by atoms with Gasteiger partial charge in [-0.05, 0) is 43.4 Å². The number of nitrogens with zero attached hydrogens (tertiary/aromatic N) is 2. The maximum absolute atomic E-state index is 4.52. The van der Waals surface area contributed by atoms with E-state index in [1.165, 1.54) is 43.2 Å². The Morgan fingerprint density at radius 2 is 2.05 bits per heavy atom. The standard InChI is InChI=1S/C18H27N3/c1-3-14-8-10-15(11-9-14)18(19-4-2)16-13-20-21-12-6-5-7-17(16)21/h5-7,12-15,18-19H,3-4,8-11H2,1-2H3. The smallest absolute Gasteiger partial charge is 0.0709 e. The summed E-state index contributed by atoms with van der Waals surface area (Å²) in [5, 5.41) is 8.25. The molecule has 1 saturated carbocycles. The molecule has 3 rings (SSSR count). The summed E-state index contributed by atoms with van der Waals surface area (Å²) in [4.78, 5) is 0. The Bertz CT molecular complexity index is 567. The number of hydrogen-bond donors (Lipinski definition) is 1. The van der Waals surface area contributed by atoms with Crippen LogP contribution in [0.2, 0.25) is 0 Å². The normalized spacial score (nSPS) is 24.3. The molecule has 3 nitrogen and oxygen atoms in total. The van der Waals surface area contributed by atoms with Gasteiger partial charge in [0.2, 0.25) is 0 Å². The van der Waals surface area contributed by atoms with E-state index in [-0.39, 0.29) is 0 Å². The molecule has 0 spiro atoms. The lowest BCUT2D eigenvalue weighted by molar-refractivity contribution is 0.221. The molecule has 0 radical (unpaired) electrons. The minimum absolute atomic E-state index is 0.452. The zero-order valence-electron chi connectivity index (χ0n) is 13.3. The molecule has 2 aromatic rings. The van der Waals surface area contributed by atoms with Crippen molar-refractivity contribution in [3.05, 3.63) is 36.2 Å². The van der Waals surface area contributed by atoms with Crippen LogP contribution in [0.15, 0.2) is 30.6 Å². The van der Waals surface area contributed by atoms with Gasteiger partial charge in [-0.2, -0.15) is 5.10 Å². The summed E-state index contributed by atoms with van der Waals surface area (Å²) in [6.45, 7) is 5.55. The summed E-state index contributed by atoms with van der Waals surface area (Å²) in [6, 6.07) is 6.79. The Balaban J connectivity index is 1.84. The number of pyridine rings is 1. The van der Waals surface area contributed by atoms with Crippen molar-refractivity contribution < 1.29 is 0 Å². The van der Waals surface area contributed by atoms with E-state index in [1.807, 2.05) is 16.8 Å². The summed E-state index contributed by atoms with van der Waals surface area (Å²) in [6.07, 6.45) is 10.9. The molecule has 1 aliphatic carbocycles. The number of rotatable bonds is 5. The van der Waals surface area contributed by atoms with E-state index >= 15 is 0 Å². The Hall–Kier alpha value is -1.35. The van der Waals surface area contributed by atoms with Gasteiger partial charge in [-0.25, -0.2) is 4.52 Å².